The van der Waals surface area contributed by atoms with Gasteiger partial charge in [0.05, 0.1) is 0 Å². The van der Waals surface area contributed by atoms with Gasteiger partial charge in [0.15, 0.2) is 0 Å². The number of nitrogens with zero attached hydrogens (tertiary/aromatic N) is 1. The average Bonchev–Trinajstić information content (AvgIpc) is 2.37. The number of nitrogens with two attached hydrogens (primary N) is 1. The highest BCUT2D eigenvalue weighted by atomic mass is 19.1. The molecule has 1 unspecified atom stereocenters. The van der Waals surface area contributed by atoms with Crippen LogP contribution < -0.4 is 11.1 Å². The molecule has 2 aromatic rings. The number of pyridine rings is 1. The molecule has 2 rings (SSSR count). The lowest BCUT2D eigenvalue weighted by Gasteiger charge is -2.19. The molecule has 0 aliphatic rings. The fourth-order valence-electron chi connectivity index (χ4n) is 2.21. The number of hydrogen-bond acceptors (Lipinski definition) is 3. The molecule has 1 atom stereocenters. The lowest BCUT2D eigenvalue weighted by molar-refractivity contribution is 0.539. The molecule has 0 radical (unpaired) electrons. The number of benzene rings is 1. The first kappa shape index (κ1) is 14.4. The van der Waals surface area contributed by atoms with Crippen LogP contribution in [0.1, 0.15) is 24.1 Å². The van der Waals surface area contributed by atoms with Crippen LogP contribution in [0.25, 0.3) is 0 Å². The van der Waals surface area contributed by atoms with Gasteiger partial charge in [0.25, 0.3) is 0 Å². The molecule has 20 heavy (non-hydrogen) atoms. The van der Waals surface area contributed by atoms with Crippen LogP contribution in [0.15, 0.2) is 36.7 Å². The van der Waals surface area contributed by atoms with E-state index in [1.807, 2.05) is 6.92 Å². The molecule has 0 aliphatic heterocycles. The number of nitrogen functional groups attached to an aromatic ring is 1. The van der Waals surface area contributed by atoms with E-state index in [2.05, 4.69) is 10.3 Å². The van der Waals surface area contributed by atoms with Crippen LogP contribution >= 0.6 is 0 Å². The molecule has 0 bridgehead atoms. The third kappa shape index (κ3) is 3.51. The predicted octanol–water partition coefficient (Wildman–Crippen LogP) is 2.84. The van der Waals surface area contributed by atoms with E-state index in [1.54, 1.807) is 18.5 Å². The summed E-state index contributed by atoms with van der Waals surface area (Å²) in [4.78, 5) is 4.06. The zero-order valence-electron chi connectivity index (χ0n) is 11.2. The Morgan fingerprint density at radius 1 is 1.25 bits per heavy atom. The van der Waals surface area contributed by atoms with Crippen LogP contribution in [0.3, 0.4) is 0 Å². The molecule has 1 aromatic carbocycles. The first-order chi connectivity index (χ1) is 9.60. The lowest BCUT2D eigenvalue weighted by Crippen LogP contribution is -2.24. The Labute approximate surface area is 116 Å². The molecule has 3 N–H and O–H groups in total. The van der Waals surface area contributed by atoms with Crippen molar-refractivity contribution in [1.82, 2.24) is 10.3 Å². The van der Waals surface area contributed by atoms with E-state index < -0.39 is 11.6 Å². The van der Waals surface area contributed by atoms with Gasteiger partial charge in [-0.15, -0.1) is 0 Å². The highest BCUT2D eigenvalue weighted by Crippen LogP contribution is 2.23. The average molecular weight is 277 g/mol. The Morgan fingerprint density at radius 2 is 1.95 bits per heavy atom. The molecule has 0 amide bonds. The summed E-state index contributed by atoms with van der Waals surface area (Å²) in [7, 11) is 0. The maximum absolute atomic E-state index is 13.2. The zero-order chi connectivity index (χ0) is 14.5. The second-order valence-electron chi connectivity index (χ2n) is 4.60. The Balaban J connectivity index is 2.28. The van der Waals surface area contributed by atoms with Crippen molar-refractivity contribution in [2.24, 2.45) is 0 Å². The van der Waals surface area contributed by atoms with Gasteiger partial charge in [0, 0.05) is 35.8 Å². The standard InChI is InChI=1S/C15H17F2N3/c1-2-20-15(13-9-19-4-3-14(13)18)7-10-5-11(16)8-12(17)6-10/h3-6,8-9,15,20H,2,7H2,1H3,(H2,18,19). The molecular formula is C15H17F2N3. The van der Waals surface area contributed by atoms with Gasteiger partial charge < -0.3 is 11.1 Å². The van der Waals surface area contributed by atoms with Crippen LogP contribution in [0, 0.1) is 11.6 Å². The number of halogens is 2. The fourth-order valence-corrected chi connectivity index (χ4v) is 2.21. The van der Waals surface area contributed by atoms with Crippen molar-refractivity contribution in [2.75, 3.05) is 12.3 Å². The van der Waals surface area contributed by atoms with Gasteiger partial charge in [-0.1, -0.05) is 6.92 Å². The van der Waals surface area contributed by atoms with Crippen LogP contribution in [0.2, 0.25) is 0 Å². The Bertz CT molecular complexity index is 567. The van der Waals surface area contributed by atoms with Gasteiger partial charge in [-0.05, 0) is 36.7 Å². The van der Waals surface area contributed by atoms with E-state index in [0.29, 0.717) is 17.7 Å². The molecule has 106 valence electrons. The van der Waals surface area contributed by atoms with Crippen molar-refractivity contribution < 1.29 is 8.78 Å². The van der Waals surface area contributed by atoms with E-state index in [9.17, 15) is 8.78 Å². The maximum atomic E-state index is 13.2. The molecule has 0 fully saturated rings. The van der Waals surface area contributed by atoms with Crippen molar-refractivity contribution in [3.8, 4) is 0 Å². The second-order valence-corrected chi connectivity index (χ2v) is 4.60. The normalized spacial score (nSPS) is 12.3. The van der Waals surface area contributed by atoms with E-state index in [1.165, 1.54) is 12.1 Å². The van der Waals surface area contributed by atoms with Crippen molar-refractivity contribution in [2.45, 2.75) is 19.4 Å². The number of aromatic nitrogens is 1. The van der Waals surface area contributed by atoms with Gasteiger partial charge in [0.2, 0.25) is 0 Å². The SMILES string of the molecule is CCNC(Cc1cc(F)cc(F)c1)c1cnccc1N. The summed E-state index contributed by atoms with van der Waals surface area (Å²) >= 11 is 0. The summed E-state index contributed by atoms with van der Waals surface area (Å²) in [6.07, 6.45) is 3.74. The summed E-state index contributed by atoms with van der Waals surface area (Å²) < 4.78 is 26.5. The van der Waals surface area contributed by atoms with E-state index >= 15 is 0 Å². The molecule has 0 saturated carbocycles. The molecule has 5 heteroatoms. The fraction of sp³-hybridized carbons (Fsp3) is 0.267. The number of nitrogens with one attached hydrogen (secondary N) is 1. The van der Waals surface area contributed by atoms with Gasteiger partial charge in [0.1, 0.15) is 11.6 Å². The van der Waals surface area contributed by atoms with Crippen molar-refractivity contribution in [3.63, 3.8) is 0 Å². The van der Waals surface area contributed by atoms with E-state index in [0.717, 1.165) is 18.2 Å². The molecule has 1 heterocycles. The van der Waals surface area contributed by atoms with Crippen LogP contribution in [-0.2, 0) is 6.42 Å². The second kappa shape index (κ2) is 6.43. The Morgan fingerprint density at radius 3 is 2.55 bits per heavy atom. The number of likely N-dealkylation sites (N-methyl/N-ethyl adjacent to an activating group) is 1. The first-order valence-electron chi connectivity index (χ1n) is 6.48. The van der Waals surface area contributed by atoms with Crippen molar-refractivity contribution in [1.29, 1.82) is 0 Å². The Kier molecular flexibility index (Phi) is 4.63. The molecule has 1 aromatic heterocycles. The molecular weight excluding hydrogens is 260 g/mol. The van der Waals surface area contributed by atoms with Crippen LogP contribution in [0.4, 0.5) is 14.5 Å². The minimum Gasteiger partial charge on any atom is -0.398 e. The highest BCUT2D eigenvalue weighted by molar-refractivity contribution is 5.46. The monoisotopic (exact) mass is 277 g/mol. The topological polar surface area (TPSA) is 50.9 Å². The summed E-state index contributed by atoms with van der Waals surface area (Å²) in [6, 6.07) is 5.12. The minimum absolute atomic E-state index is 0.130. The van der Waals surface area contributed by atoms with Gasteiger partial charge >= 0.3 is 0 Å². The lowest BCUT2D eigenvalue weighted by atomic mass is 9.98. The molecule has 0 saturated heterocycles. The van der Waals surface area contributed by atoms with Gasteiger partial charge in [-0.2, -0.15) is 0 Å². The minimum atomic E-state index is -0.575. The van der Waals surface area contributed by atoms with Crippen molar-refractivity contribution in [3.05, 3.63) is 59.4 Å². The molecule has 3 nitrogen and oxygen atoms in total. The smallest absolute Gasteiger partial charge is 0.126 e. The Hall–Kier alpha value is -2.01. The summed E-state index contributed by atoms with van der Waals surface area (Å²) in [5, 5.41) is 3.26. The largest absolute Gasteiger partial charge is 0.398 e. The number of hydrogen-bond donors (Lipinski definition) is 2. The zero-order valence-corrected chi connectivity index (χ0v) is 11.2. The summed E-state index contributed by atoms with van der Waals surface area (Å²) in [6.45, 7) is 2.68. The number of rotatable bonds is 5. The third-order valence-electron chi connectivity index (χ3n) is 3.08. The van der Waals surface area contributed by atoms with Crippen molar-refractivity contribution >= 4 is 5.69 Å². The third-order valence-corrected chi connectivity index (χ3v) is 3.08. The summed E-state index contributed by atoms with van der Waals surface area (Å²) in [5.74, 6) is -1.15. The van der Waals surface area contributed by atoms with E-state index in [4.69, 9.17) is 5.73 Å². The molecule has 0 spiro atoms. The van der Waals surface area contributed by atoms with Crippen LogP contribution in [0.5, 0.6) is 0 Å². The maximum Gasteiger partial charge on any atom is 0.126 e. The summed E-state index contributed by atoms with van der Waals surface area (Å²) in [5.41, 5.74) is 7.96. The predicted molar refractivity (Wildman–Crippen MR) is 75.1 cm³/mol. The quantitative estimate of drug-likeness (QED) is 0.883. The first-order valence-corrected chi connectivity index (χ1v) is 6.48. The highest BCUT2D eigenvalue weighted by Gasteiger charge is 2.15. The van der Waals surface area contributed by atoms with E-state index in [-0.39, 0.29) is 6.04 Å². The number of anilines is 1. The van der Waals surface area contributed by atoms with Gasteiger partial charge in [-0.3, -0.25) is 4.98 Å². The van der Waals surface area contributed by atoms with Gasteiger partial charge in [-0.25, -0.2) is 8.78 Å². The van der Waals surface area contributed by atoms with Crippen LogP contribution in [-0.4, -0.2) is 11.5 Å². The molecule has 0 aliphatic carbocycles.